The van der Waals surface area contributed by atoms with Gasteiger partial charge in [-0.05, 0) is 19.1 Å². The fourth-order valence-corrected chi connectivity index (χ4v) is 4.06. The summed E-state index contributed by atoms with van der Waals surface area (Å²) in [6.07, 6.45) is -4.16. The monoisotopic (exact) mass is 414 g/mol. The van der Waals surface area contributed by atoms with Crippen LogP contribution in [-0.2, 0) is 30.1 Å². The summed E-state index contributed by atoms with van der Waals surface area (Å²) in [6, 6.07) is 2.12. The van der Waals surface area contributed by atoms with Crippen LogP contribution in [0.3, 0.4) is 0 Å². The van der Waals surface area contributed by atoms with Crippen molar-refractivity contribution in [1.82, 2.24) is 19.1 Å². The van der Waals surface area contributed by atoms with Crippen molar-refractivity contribution >= 4 is 21.0 Å². The normalized spacial score (nSPS) is 12.7. The van der Waals surface area contributed by atoms with Gasteiger partial charge in [-0.2, -0.15) is 13.2 Å². The third-order valence-corrected chi connectivity index (χ3v) is 6.25. The Labute approximate surface area is 158 Å². The molecule has 0 unspecified atom stereocenters. The predicted molar refractivity (Wildman–Crippen MR) is 96.7 cm³/mol. The van der Waals surface area contributed by atoms with Crippen molar-refractivity contribution in [3.8, 4) is 11.5 Å². The van der Waals surface area contributed by atoms with Gasteiger partial charge in [0, 0.05) is 25.9 Å². The van der Waals surface area contributed by atoms with Crippen LogP contribution in [0.2, 0.25) is 0 Å². The quantitative estimate of drug-likeness (QED) is 0.657. The highest BCUT2D eigenvalue weighted by Gasteiger charge is 2.34. The molecule has 0 N–H and O–H groups in total. The average Bonchev–Trinajstić information content (AvgIpc) is 2.94. The van der Waals surface area contributed by atoms with Gasteiger partial charge in [0.05, 0.1) is 16.2 Å². The number of fused-ring (bicyclic) bond motifs is 1. The van der Waals surface area contributed by atoms with E-state index >= 15 is 0 Å². The van der Waals surface area contributed by atoms with E-state index in [9.17, 15) is 26.4 Å². The topological polar surface area (TPSA) is 86.9 Å². The molecular formula is C17H17F3N4O3S. The molecule has 0 amide bonds. The summed E-state index contributed by atoms with van der Waals surface area (Å²) in [7, 11) is -0.947. The molecule has 150 valence electrons. The Morgan fingerprint density at radius 3 is 2.36 bits per heavy atom. The Bertz CT molecular complexity index is 1260. The fourth-order valence-electron chi connectivity index (χ4n) is 3.00. The van der Waals surface area contributed by atoms with Crippen LogP contribution in [0, 0.1) is 6.92 Å². The first kappa shape index (κ1) is 20.1. The lowest BCUT2D eigenvalue weighted by atomic mass is 10.2. The zero-order chi connectivity index (χ0) is 21.0. The molecule has 0 aromatic carbocycles. The van der Waals surface area contributed by atoms with Crippen molar-refractivity contribution in [2.24, 2.45) is 14.1 Å². The van der Waals surface area contributed by atoms with Crippen LogP contribution in [0.1, 0.15) is 18.1 Å². The molecule has 0 spiro atoms. The van der Waals surface area contributed by atoms with Crippen molar-refractivity contribution in [3.05, 3.63) is 39.8 Å². The molecule has 0 saturated heterocycles. The summed E-state index contributed by atoms with van der Waals surface area (Å²) in [5, 5.41) is 0. The molecule has 0 aliphatic heterocycles. The third-order valence-electron chi connectivity index (χ3n) is 4.51. The van der Waals surface area contributed by atoms with Crippen LogP contribution in [0.4, 0.5) is 13.2 Å². The van der Waals surface area contributed by atoms with Crippen LogP contribution in [0.5, 0.6) is 0 Å². The Hall–Kier alpha value is -2.69. The van der Waals surface area contributed by atoms with E-state index in [4.69, 9.17) is 0 Å². The lowest BCUT2D eigenvalue weighted by Gasteiger charge is -2.12. The van der Waals surface area contributed by atoms with Crippen molar-refractivity contribution in [2.75, 3.05) is 5.75 Å². The van der Waals surface area contributed by atoms with Gasteiger partial charge in [0.15, 0.2) is 15.7 Å². The van der Waals surface area contributed by atoms with Gasteiger partial charge in [0.2, 0.25) is 0 Å². The lowest BCUT2D eigenvalue weighted by Crippen LogP contribution is -2.20. The molecule has 3 aromatic heterocycles. The Morgan fingerprint density at radius 2 is 1.79 bits per heavy atom. The zero-order valence-electron chi connectivity index (χ0n) is 15.5. The second kappa shape index (κ2) is 6.43. The minimum absolute atomic E-state index is 0.0522. The number of hydrogen-bond acceptors (Lipinski definition) is 5. The van der Waals surface area contributed by atoms with Gasteiger partial charge < -0.3 is 4.57 Å². The summed E-state index contributed by atoms with van der Waals surface area (Å²) >= 11 is 0. The van der Waals surface area contributed by atoms with Gasteiger partial charge in [-0.25, -0.2) is 13.4 Å². The van der Waals surface area contributed by atoms with Crippen LogP contribution < -0.4 is 5.56 Å². The third kappa shape index (κ3) is 3.09. The van der Waals surface area contributed by atoms with Crippen LogP contribution in [0.25, 0.3) is 22.7 Å². The molecule has 0 fully saturated rings. The Morgan fingerprint density at radius 1 is 1.14 bits per heavy atom. The molecule has 0 radical (unpaired) electrons. The van der Waals surface area contributed by atoms with Crippen molar-refractivity contribution in [2.45, 2.75) is 24.9 Å². The van der Waals surface area contributed by atoms with E-state index in [0.717, 1.165) is 0 Å². The van der Waals surface area contributed by atoms with Gasteiger partial charge in [-0.15, -0.1) is 0 Å². The number of hydrogen-bond donors (Lipinski definition) is 0. The standard InChI is InChI=1S/C17H17F3N4O3S/c1-5-28(26,27)12-7-10(17(18,19)20)8-21-13(12)14-22-11-6-9(2)16(25)24(4)15(11)23(14)3/h6-8H,5H2,1-4H3. The lowest BCUT2D eigenvalue weighted by molar-refractivity contribution is -0.138. The second-order valence-corrected chi connectivity index (χ2v) is 8.61. The largest absolute Gasteiger partial charge is 0.417 e. The highest BCUT2D eigenvalue weighted by Crippen LogP contribution is 2.34. The molecular weight excluding hydrogens is 397 g/mol. The van der Waals surface area contributed by atoms with Gasteiger partial charge in [0.25, 0.3) is 5.56 Å². The first-order valence-corrected chi connectivity index (χ1v) is 9.87. The number of rotatable bonds is 3. The smallest absolute Gasteiger partial charge is 0.312 e. The van der Waals surface area contributed by atoms with Gasteiger partial charge >= 0.3 is 6.18 Å². The van der Waals surface area contributed by atoms with E-state index in [1.165, 1.54) is 23.1 Å². The molecule has 3 rings (SSSR count). The number of aromatic nitrogens is 4. The number of sulfone groups is 1. The van der Waals surface area contributed by atoms with Crippen molar-refractivity contribution in [1.29, 1.82) is 0 Å². The highest BCUT2D eigenvalue weighted by atomic mass is 32.2. The van der Waals surface area contributed by atoms with Gasteiger partial charge in [-0.1, -0.05) is 6.92 Å². The molecule has 0 aliphatic rings. The SMILES string of the molecule is CCS(=O)(=O)c1cc(C(F)(F)F)cnc1-c1nc2cc(C)c(=O)n(C)c2n1C. The van der Waals surface area contributed by atoms with Crippen molar-refractivity contribution < 1.29 is 21.6 Å². The van der Waals surface area contributed by atoms with E-state index in [2.05, 4.69) is 9.97 Å². The number of halogens is 3. The molecule has 3 heterocycles. The van der Waals surface area contributed by atoms with Crippen LogP contribution in [0.15, 0.2) is 28.0 Å². The second-order valence-electron chi connectivity index (χ2n) is 6.37. The zero-order valence-corrected chi connectivity index (χ0v) is 16.3. The molecule has 0 atom stereocenters. The van der Waals surface area contributed by atoms with Crippen molar-refractivity contribution in [3.63, 3.8) is 0 Å². The Kier molecular flexibility index (Phi) is 4.61. The van der Waals surface area contributed by atoms with E-state index < -0.39 is 32.2 Å². The maximum Gasteiger partial charge on any atom is 0.417 e. The van der Waals surface area contributed by atoms with E-state index in [-0.39, 0.29) is 17.1 Å². The van der Waals surface area contributed by atoms with Gasteiger partial charge in [0.1, 0.15) is 16.9 Å². The minimum atomic E-state index is -4.74. The Balaban J connectivity index is 2.40. The highest BCUT2D eigenvalue weighted by molar-refractivity contribution is 7.91. The number of pyridine rings is 2. The molecule has 0 bridgehead atoms. The number of aryl methyl sites for hydroxylation is 3. The first-order valence-electron chi connectivity index (χ1n) is 8.22. The molecule has 3 aromatic rings. The van der Waals surface area contributed by atoms with E-state index in [1.807, 2.05) is 0 Å². The molecule has 7 nitrogen and oxygen atoms in total. The maximum atomic E-state index is 13.1. The average molecular weight is 414 g/mol. The van der Waals surface area contributed by atoms with E-state index in [0.29, 0.717) is 29.0 Å². The van der Waals surface area contributed by atoms with Crippen LogP contribution in [-0.4, -0.2) is 33.3 Å². The molecule has 0 aliphatic carbocycles. The minimum Gasteiger partial charge on any atom is -0.312 e. The first-order chi connectivity index (χ1) is 12.9. The molecule has 28 heavy (non-hydrogen) atoms. The summed E-state index contributed by atoms with van der Waals surface area (Å²) in [6.45, 7) is 2.95. The summed E-state index contributed by atoms with van der Waals surface area (Å²) < 4.78 is 67.0. The summed E-state index contributed by atoms with van der Waals surface area (Å²) in [5.41, 5.74) is -0.389. The summed E-state index contributed by atoms with van der Waals surface area (Å²) in [5.74, 6) is -0.346. The maximum absolute atomic E-state index is 13.1. The molecule has 11 heteroatoms. The number of alkyl halides is 3. The fraction of sp³-hybridized carbons (Fsp3) is 0.353. The molecule has 0 saturated carbocycles. The van der Waals surface area contributed by atoms with Crippen LogP contribution >= 0.6 is 0 Å². The summed E-state index contributed by atoms with van der Waals surface area (Å²) in [4.78, 5) is 19.8. The van der Waals surface area contributed by atoms with E-state index in [1.54, 1.807) is 20.0 Å². The number of nitrogens with zero attached hydrogens (tertiary/aromatic N) is 4. The predicted octanol–water partition coefficient (Wildman–Crippen LogP) is 2.45. The number of imidazole rings is 1. The van der Waals surface area contributed by atoms with Gasteiger partial charge in [-0.3, -0.25) is 14.3 Å².